The van der Waals surface area contributed by atoms with Gasteiger partial charge in [0.25, 0.3) is 0 Å². The normalized spacial score (nSPS) is 13.1. The second-order valence-electron chi connectivity index (χ2n) is 6.33. The van der Waals surface area contributed by atoms with Crippen LogP contribution in [-0.2, 0) is 6.42 Å². The van der Waals surface area contributed by atoms with Crippen molar-refractivity contribution < 1.29 is 0 Å². The fourth-order valence-corrected chi connectivity index (χ4v) is 4.29. The Labute approximate surface area is 147 Å². The van der Waals surface area contributed by atoms with Crippen molar-refractivity contribution in [2.75, 3.05) is 11.1 Å². The van der Waals surface area contributed by atoms with E-state index in [1.54, 1.807) is 0 Å². The van der Waals surface area contributed by atoms with Gasteiger partial charge in [0, 0.05) is 27.9 Å². The largest absolute Gasteiger partial charge is 0.355 e. The minimum Gasteiger partial charge on any atom is -0.355 e. The van der Waals surface area contributed by atoms with Gasteiger partial charge in [-0.15, -0.1) is 11.8 Å². The number of benzene rings is 2. The fourth-order valence-electron chi connectivity index (χ4n) is 3.22. The van der Waals surface area contributed by atoms with Crippen LogP contribution < -0.4 is 5.32 Å². The first-order valence-corrected chi connectivity index (χ1v) is 9.19. The Morgan fingerprint density at radius 2 is 1.96 bits per heavy atom. The van der Waals surface area contributed by atoms with Crippen molar-refractivity contribution in [1.82, 2.24) is 4.98 Å². The lowest BCUT2D eigenvalue weighted by Crippen LogP contribution is -1.99. The molecule has 24 heavy (non-hydrogen) atoms. The van der Waals surface area contributed by atoms with Gasteiger partial charge in [-0.25, -0.2) is 0 Å². The number of nitrogens with zero attached hydrogens (tertiary/aromatic N) is 1. The molecule has 2 heterocycles. The molecule has 4 rings (SSSR count). The van der Waals surface area contributed by atoms with Crippen LogP contribution in [0.5, 0.6) is 0 Å². The van der Waals surface area contributed by atoms with Crippen molar-refractivity contribution >= 4 is 39.6 Å². The smallest absolute Gasteiger partial charge is 0.0726 e. The Hall–Kier alpha value is -2.26. The molecular weight excluding hydrogens is 312 g/mol. The quantitative estimate of drug-likeness (QED) is 0.640. The molecule has 120 valence electrons. The highest BCUT2D eigenvalue weighted by molar-refractivity contribution is 7.99. The number of thioether (sulfide) groups is 1. The Bertz CT molecular complexity index is 942. The predicted molar refractivity (Wildman–Crippen MR) is 105 cm³/mol. The van der Waals surface area contributed by atoms with Crippen LogP contribution >= 0.6 is 11.8 Å². The monoisotopic (exact) mass is 332 g/mol. The molecule has 2 aromatic carbocycles. The number of aryl methyl sites for hydroxylation is 2. The van der Waals surface area contributed by atoms with Gasteiger partial charge in [-0.3, -0.25) is 4.98 Å². The highest BCUT2D eigenvalue weighted by atomic mass is 32.2. The van der Waals surface area contributed by atoms with E-state index in [2.05, 4.69) is 60.2 Å². The number of aromatic nitrogens is 1. The molecule has 3 aromatic rings. The zero-order valence-electron chi connectivity index (χ0n) is 14.0. The Balaban J connectivity index is 1.82. The zero-order chi connectivity index (χ0) is 16.7. The van der Waals surface area contributed by atoms with E-state index in [9.17, 15) is 0 Å². The third-order valence-electron chi connectivity index (χ3n) is 4.55. The molecular formula is C21H20N2S. The first kappa shape index (κ1) is 15.3. The van der Waals surface area contributed by atoms with Crippen LogP contribution in [0, 0.1) is 6.92 Å². The van der Waals surface area contributed by atoms with Crippen molar-refractivity contribution in [1.29, 1.82) is 0 Å². The summed E-state index contributed by atoms with van der Waals surface area (Å²) in [5.74, 6) is 1.16. The van der Waals surface area contributed by atoms with E-state index in [1.165, 1.54) is 32.7 Å². The van der Waals surface area contributed by atoms with E-state index in [4.69, 9.17) is 0 Å². The standard InChI is InChI=1S/C21H20N2S/c1-13(2)15-4-6-16(7-5-15)23-21-14(3)12-22-18-8-9-19-17(20(18)21)10-11-24-19/h4-9,12H,1,10-11H2,2-3H3,(H,22,23). The third-order valence-corrected chi connectivity index (χ3v) is 5.65. The van der Waals surface area contributed by atoms with Crippen LogP contribution in [-0.4, -0.2) is 10.7 Å². The molecule has 0 unspecified atom stereocenters. The van der Waals surface area contributed by atoms with Gasteiger partial charge in [-0.2, -0.15) is 0 Å². The lowest BCUT2D eigenvalue weighted by molar-refractivity contribution is 1.16. The maximum Gasteiger partial charge on any atom is 0.0726 e. The molecule has 0 fully saturated rings. The van der Waals surface area contributed by atoms with Crippen LogP contribution in [0.1, 0.15) is 23.6 Å². The average molecular weight is 332 g/mol. The van der Waals surface area contributed by atoms with Crippen LogP contribution in [0.15, 0.2) is 54.1 Å². The number of fused-ring (bicyclic) bond motifs is 3. The van der Waals surface area contributed by atoms with Gasteiger partial charge < -0.3 is 5.32 Å². The zero-order valence-corrected chi connectivity index (χ0v) is 14.8. The number of nitrogens with one attached hydrogen (secondary N) is 1. The second-order valence-corrected chi connectivity index (χ2v) is 7.47. The summed E-state index contributed by atoms with van der Waals surface area (Å²) in [4.78, 5) is 6.04. The molecule has 1 aliphatic rings. The van der Waals surface area contributed by atoms with E-state index in [0.29, 0.717) is 0 Å². The summed E-state index contributed by atoms with van der Waals surface area (Å²) in [7, 11) is 0. The minimum absolute atomic E-state index is 1.07. The highest BCUT2D eigenvalue weighted by Gasteiger charge is 2.18. The van der Waals surface area contributed by atoms with Crippen molar-refractivity contribution in [2.24, 2.45) is 0 Å². The number of hydrogen-bond acceptors (Lipinski definition) is 3. The Morgan fingerprint density at radius 3 is 2.71 bits per heavy atom. The third kappa shape index (κ3) is 2.59. The van der Waals surface area contributed by atoms with E-state index in [-0.39, 0.29) is 0 Å². The van der Waals surface area contributed by atoms with Crippen molar-refractivity contribution in [3.63, 3.8) is 0 Å². The van der Waals surface area contributed by atoms with Gasteiger partial charge in [0.05, 0.1) is 11.2 Å². The summed E-state index contributed by atoms with van der Waals surface area (Å²) in [6, 6.07) is 12.8. The summed E-state index contributed by atoms with van der Waals surface area (Å²) in [5.41, 5.74) is 8.23. The van der Waals surface area contributed by atoms with Gasteiger partial charge in [0.2, 0.25) is 0 Å². The molecule has 0 saturated carbocycles. The van der Waals surface area contributed by atoms with Crippen LogP contribution in [0.25, 0.3) is 16.5 Å². The van der Waals surface area contributed by atoms with Gasteiger partial charge in [-0.1, -0.05) is 24.3 Å². The number of rotatable bonds is 3. The summed E-state index contributed by atoms with van der Waals surface area (Å²) in [6.07, 6.45) is 3.08. The number of hydrogen-bond donors (Lipinski definition) is 1. The molecule has 1 aliphatic heterocycles. The maximum absolute atomic E-state index is 4.64. The molecule has 3 heteroatoms. The Morgan fingerprint density at radius 1 is 1.17 bits per heavy atom. The van der Waals surface area contributed by atoms with E-state index < -0.39 is 0 Å². The molecule has 1 N–H and O–H groups in total. The molecule has 0 aliphatic carbocycles. The lowest BCUT2D eigenvalue weighted by atomic mass is 10.0. The highest BCUT2D eigenvalue weighted by Crippen LogP contribution is 2.40. The first-order valence-electron chi connectivity index (χ1n) is 8.20. The SMILES string of the molecule is C=C(C)c1ccc(Nc2c(C)cnc3ccc4c(c23)CCS4)cc1. The van der Waals surface area contributed by atoms with Crippen molar-refractivity contribution in [3.05, 3.63) is 65.9 Å². The average Bonchev–Trinajstić information content (AvgIpc) is 3.06. The summed E-state index contributed by atoms with van der Waals surface area (Å²) >= 11 is 1.94. The van der Waals surface area contributed by atoms with E-state index in [1.807, 2.05) is 24.9 Å². The van der Waals surface area contributed by atoms with Crippen LogP contribution in [0.3, 0.4) is 0 Å². The Kier molecular flexibility index (Phi) is 3.81. The molecule has 0 saturated heterocycles. The predicted octanol–water partition coefficient (Wildman–Crippen LogP) is 5.97. The minimum atomic E-state index is 1.07. The van der Waals surface area contributed by atoms with Crippen LogP contribution in [0.4, 0.5) is 11.4 Å². The molecule has 0 radical (unpaired) electrons. The van der Waals surface area contributed by atoms with Gasteiger partial charge in [0.1, 0.15) is 0 Å². The second kappa shape index (κ2) is 5.99. The van der Waals surface area contributed by atoms with E-state index >= 15 is 0 Å². The van der Waals surface area contributed by atoms with Gasteiger partial charge in [-0.05, 0) is 61.2 Å². The van der Waals surface area contributed by atoms with Gasteiger partial charge in [0.15, 0.2) is 0 Å². The molecule has 0 amide bonds. The van der Waals surface area contributed by atoms with Crippen molar-refractivity contribution in [3.8, 4) is 0 Å². The number of pyridine rings is 1. The van der Waals surface area contributed by atoms with E-state index in [0.717, 1.165) is 29.0 Å². The summed E-state index contributed by atoms with van der Waals surface area (Å²) in [5, 5.41) is 4.91. The molecule has 1 aromatic heterocycles. The topological polar surface area (TPSA) is 24.9 Å². The first-order chi connectivity index (χ1) is 11.6. The number of anilines is 2. The summed E-state index contributed by atoms with van der Waals surface area (Å²) in [6.45, 7) is 8.16. The maximum atomic E-state index is 4.64. The molecule has 0 spiro atoms. The molecule has 2 nitrogen and oxygen atoms in total. The van der Waals surface area contributed by atoms with Crippen molar-refractivity contribution in [2.45, 2.75) is 25.2 Å². The number of allylic oxidation sites excluding steroid dienone is 1. The molecule has 0 bridgehead atoms. The molecule has 0 atom stereocenters. The lowest BCUT2D eigenvalue weighted by Gasteiger charge is -2.15. The van der Waals surface area contributed by atoms with Gasteiger partial charge >= 0.3 is 0 Å². The summed E-state index contributed by atoms with van der Waals surface area (Å²) < 4.78 is 0. The fraction of sp³-hybridized carbons (Fsp3) is 0.190. The van der Waals surface area contributed by atoms with Crippen LogP contribution in [0.2, 0.25) is 0 Å².